The Morgan fingerprint density at radius 1 is 0.385 bits per heavy atom. The van der Waals surface area contributed by atoms with Gasteiger partial charge >= 0.3 is 0 Å². The summed E-state index contributed by atoms with van der Waals surface area (Å²) in [6, 6.07) is 39.1. The van der Waals surface area contributed by atoms with Crippen molar-refractivity contribution in [3.05, 3.63) is 170 Å². The number of pyridine rings is 3. The van der Waals surface area contributed by atoms with Crippen molar-refractivity contribution in [3.8, 4) is 0 Å². The normalized spacial score (nSPS) is 10.9. The summed E-state index contributed by atoms with van der Waals surface area (Å²) >= 11 is 0. The van der Waals surface area contributed by atoms with Gasteiger partial charge < -0.3 is 0 Å². The maximum atomic E-state index is 4.01. The first kappa shape index (κ1) is 25.5. The van der Waals surface area contributed by atoms with Crippen LogP contribution in [0.5, 0.6) is 0 Å². The third kappa shape index (κ3) is 7.21. The van der Waals surface area contributed by atoms with Gasteiger partial charge in [0.25, 0.3) is 0 Å². The second-order valence-electron chi connectivity index (χ2n) is 8.97. The van der Waals surface area contributed by atoms with Crippen LogP contribution in [0.4, 0.5) is 0 Å². The lowest BCUT2D eigenvalue weighted by atomic mass is 10.1. The van der Waals surface area contributed by atoms with Crippen LogP contribution in [-0.2, 0) is 6.42 Å². The average molecular weight is 504 g/mol. The Morgan fingerprint density at radius 3 is 1.18 bits per heavy atom. The van der Waals surface area contributed by atoms with E-state index in [0.29, 0.717) is 0 Å². The SMILES string of the molecule is C1=Cc2ccccc2C1.c1ccc2cnccc2c1.c1ccc2cnccc2c1.c1ccc2cnccc2c1. The molecule has 3 aromatic heterocycles. The van der Waals surface area contributed by atoms with Gasteiger partial charge in [-0.05, 0) is 68.1 Å². The lowest BCUT2D eigenvalue weighted by molar-refractivity contribution is 1.31. The molecule has 39 heavy (non-hydrogen) atoms. The molecule has 7 aromatic rings. The number of benzene rings is 4. The molecule has 3 nitrogen and oxygen atoms in total. The van der Waals surface area contributed by atoms with E-state index in [0.717, 1.165) is 6.42 Å². The highest BCUT2D eigenvalue weighted by Gasteiger charge is 2.00. The highest BCUT2D eigenvalue weighted by Crippen LogP contribution is 2.17. The number of aromatic nitrogens is 3. The van der Waals surface area contributed by atoms with Gasteiger partial charge in [-0.2, -0.15) is 0 Å². The molecular formula is C36H29N3. The van der Waals surface area contributed by atoms with E-state index in [9.17, 15) is 0 Å². The summed E-state index contributed by atoms with van der Waals surface area (Å²) in [6.45, 7) is 0. The molecule has 8 rings (SSSR count). The molecule has 1 aliphatic rings. The van der Waals surface area contributed by atoms with Crippen molar-refractivity contribution >= 4 is 38.4 Å². The molecule has 0 saturated carbocycles. The quantitative estimate of drug-likeness (QED) is 0.207. The maximum absolute atomic E-state index is 4.01. The fraction of sp³-hybridized carbons (Fsp3) is 0.0278. The second-order valence-corrected chi connectivity index (χ2v) is 8.97. The van der Waals surface area contributed by atoms with Crippen LogP contribution in [0, 0.1) is 0 Å². The van der Waals surface area contributed by atoms with Crippen LogP contribution >= 0.6 is 0 Å². The number of fused-ring (bicyclic) bond motifs is 4. The van der Waals surface area contributed by atoms with Gasteiger partial charge in [-0.1, -0.05) is 109 Å². The van der Waals surface area contributed by atoms with Gasteiger partial charge in [-0.3, -0.25) is 15.0 Å². The first-order chi connectivity index (χ1) is 19.4. The van der Waals surface area contributed by atoms with E-state index in [1.54, 1.807) is 0 Å². The molecule has 0 N–H and O–H groups in total. The summed E-state index contributed by atoms with van der Waals surface area (Å²) < 4.78 is 0. The molecule has 0 unspecified atom stereocenters. The van der Waals surface area contributed by atoms with Gasteiger partial charge in [0.1, 0.15) is 0 Å². The van der Waals surface area contributed by atoms with Crippen molar-refractivity contribution in [2.75, 3.05) is 0 Å². The van der Waals surface area contributed by atoms with Crippen molar-refractivity contribution in [1.82, 2.24) is 15.0 Å². The van der Waals surface area contributed by atoms with E-state index in [-0.39, 0.29) is 0 Å². The van der Waals surface area contributed by atoms with Gasteiger partial charge in [-0.25, -0.2) is 0 Å². The lowest BCUT2D eigenvalue weighted by Crippen LogP contribution is -1.76. The predicted molar refractivity (Wildman–Crippen MR) is 164 cm³/mol. The van der Waals surface area contributed by atoms with E-state index < -0.39 is 0 Å². The maximum Gasteiger partial charge on any atom is 0.0346 e. The summed E-state index contributed by atoms with van der Waals surface area (Å²) in [6.07, 6.45) is 16.5. The summed E-state index contributed by atoms with van der Waals surface area (Å²) in [5.74, 6) is 0. The average Bonchev–Trinajstić information content (AvgIpc) is 3.51. The molecule has 0 aliphatic heterocycles. The molecule has 0 spiro atoms. The van der Waals surface area contributed by atoms with Crippen molar-refractivity contribution in [3.63, 3.8) is 0 Å². The number of allylic oxidation sites excluding steroid dienone is 1. The predicted octanol–water partition coefficient (Wildman–Crippen LogP) is 8.96. The minimum Gasteiger partial charge on any atom is -0.264 e. The third-order valence-corrected chi connectivity index (χ3v) is 6.34. The minimum atomic E-state index is 1.12. The van der Waals surface area contributed by atoms with Crippen LogP contribution < -0.4 is 0 Å². The van der Waals surface area contributed by atoms with Crippen molar-refractivity contribution in [2.45, 2.75) is 6.42 Å². The molecule has 0 amide bonds. The van der Waals surface area contributed by atoms with Gasteiger partial charge in [0.15, 0.2) is 0 Å². The fourth-order valence-electron chi connectivity index (χ4n) is 4.28. The molecule has 0 bridgehead atoms. The van der Waals surface area contributed by atoms with Gasteiger partial charge in [0, 0.05) is 37.2 Å². The number of nitrogens with zero attached hydrogens (tertiary/aromatic N) is 3. The Labute approximate surface area is 229 Å². The highest BCUT2D eigenvalue weighted by atomic mass is 14.6. The van der Waals surface area contributed by atoms with Crippen LogP contribution in [-0.4, -0.2) is 15.0 Å². The smallest absolute Gasteiger partial charge is 0.0346 e. The number of hydrogen-bond donors (Lipinski definition) is 0. The molecule has 3 heterocycles. The van der Waals surface area contributed by atoms with Crippen LogP contribution in [0.15, 0.2) is 159 Å². The molecule has 4 aromatic carbocycles. The third-order valence-electron chi connectivity index (χ3n) is 6.34. The molecule has 3 heteroatoms. The summed E-state index contributed by atoms with van der Waals surface area (Å²) in [4.78, 5) is 12.0. The summed E-state index contributed by atoms with van der Waals surface area (Å²) in [5.41, 5.74) is 2.84. The molecule has 188 valence electrons. The molecule has 0 fully saturated rings. The first-order valence-electron chi connectivity index (χ1n) is 13.0. The Morgan fingerprint density at radius 2 is 0.769 bits per heavy atom. The molecular weight excluding hydrogens is 474 g/mol. The Kier molecular flexibility index (Phi) is 8.77. The molecule has 0 atom stereocenters. The fourth-order valence-corrected chi connectivity index (χ4v) is 4.28. The van der Waals surface area contributed by atoms with E-state index in [2.05, 4.69) is 87.8 Å². The largest absolute Gasteiger partial charge is 0.264 e. The van der Waals surface area contributed by atoms with Crippen LogP contribution in [0.3, 0.4) is 0 Å². The minimum absolute atomic E-state index is 1.12. The first-order valence-corrected chi connectivity index (χ1v) is 13.0. The monoisotopic (exact) mass is 503 g/mol. The van der Waals surface area contributed by atoms with Gasteiger partial charge in [0.05, 0.1) is 0 Å². The molecule has 1 aliphatic carbocycles. The number of rotatable bonds is 0. The highest BCUT2D eigenvalue weighted by molar-refractivity contribution is 5.82. The van der Waals surface area contributed by atoms with Crippen molar-refractivity contribution in [1.29, 1.82) is 0 Å². The zero-order chi connectivity index (χ0) is 26.5. The van der Waals surface area contributed by atoms with Gasteiger partial charge in [-0.15, -0.1) is 0 Å². The van der Waals surface area contributed by atoms with Crippen LogP contribution in [0.25, 0.3) is 38.4 Å². The topological polar surface area (TPSA) is 38.7 Å². The van der Waals surface area contributed by atoms with Crippen LogP contribution in [0.1, 0.15) is 11.1 Å². The van der Waals surface area contributed by atoms with Crippen molar-refractivity contribution < 1.29 is 0 Å². The molecule has 0 radical (unpaired) electrons. The lowest BCUT2D eigenvalue weighted by Gasteiger charge is -1.93. The van der Waals surface area contributed by atoms with Crippen LogP contribution in [0.2, 0.25) is 0 Å². The van der Waals surface area contributed by atoms with E-state index in [1.807, 2.05) is 91.8 Å². The van der Waals surface area contributed by atoms with Gasteiger partial charge in [0.2, 0.25) is 0 Å². The summed E-state index contributed by atoms with van der Waals surface area (Å²) in [7, 11) is 0. The summed E-state index contributed by atoms with van der Waals surface area (Å²) in [5, 5.41) is 7.34. The van der Waals surface area contributed by atoms with E-state index >= 15 is 0 Å². The Hall–Kier alpha value is -5.15. The number of hydrogen-bond acceptors (Lipinski definition) is 3. The second kappa shape index (κ2) is 13.4. The van der Waals surface area contributed by atoms with E-state index in [1.165, 1.54) is 43.4 Å². The molecule has 0 saturated heterocycles. The standard InChI is InChI=1S/3C9H7N.C9H8/c3*1-2-4-9-7-10-6-5-8(9)3-1;1-2-5-9-7-3-6-8(9)4-1/h3*1-7H;1-6H,7H2. The zero-order valence-corrected chi connectivity index (χ0v) is 21.6. The van der Waals surface area contributed by atoms with E-state index in [4.69, 9.17) is 0 Å². The zero-order valence-electron chi connectivity index (χ0n) is 21.6. The Balaban J connectivity index is 0.000000105. The van der Waals surface area contributed by atoms with Crippen molar-refractivity contribution in [2.24, 2.45) is 0 Å². The Bertz CT molecular complexity index is 1440.